The summed E-state index contributed by atoms with van der Waals surface area (Å²) in [7, 11) is 3.02. The van der Waals surface area contributed by atoms with Gasteiger partial charge in [0.1, 0.15) is 5.82 Å². The number of imidazole rings is 1. The molecule has 2 aromatic rings. The maximum Gasteiger partial charge on any atom is 0.407 e. The van der Waals surface area contributed by atoms with Crippen LogP contribution in [0.15, 0.2) is 9.59 Å². The Morgan fingerprint density at radius 2 is 1.81 bits per heavy atom. The molecular formula is C17H28N6O4. The van der Waals surface area contributed by atoms with E-state index < -0.39 is 17.3 Å². The Hall–Kier alpha value is -2.62. The average Bonchev–Trinajstić information content (AvgIpc) is 3.03. The molecule has 0 aliphatic heterocycles. The van der Waals surface area contributed by atoms with Crippen LogP contribution < -0.4 is 16.6 Å². The number of carbonyl (C=O) groups excluding carboxylic acids is 1. The molecule has 1 amide bonds. The molecular weight excluding hydrogens is 352 g/mol. The average molecular weight is 380 g/mol. The van der Waals surface area contributed by atoms with Crippen LogP contribution in [0.1, 0.15) is 26.6 Å². The SMILES string of the molecule is CCOC(=O)NCc1nc2c(c(=O)n(C)c(=O)n2C)n1CCN(CC)CC. The van der Waals surface area contributed by atoms with Crippen molar-refractivity contribution in [1.29, 1.82) is 0 Å². The van der Waals surface area contributed by atoms with Crippen LogP contribution in [0.2, 0.25) is 0 Å². The fourth-order valence-corrected chi connectivity index (χ4v) is 2.98. The van der Waals surface area contributed by atoms with E-state index in [1.165, 1.54) is 11.6 Å². The van der Waals surface area contributed by atoms with Crippen LogP contribution in [0.4, 0.5) is 4.79 Å². The van der Waals surface area contributed by atoms with Crippen molar-refractivity contribution in [2.75, 3.05) is 26.2 Å². The standard InChI is InChI=1S/C17H28N6O4/c1-6-22(7-2)9-10-23-12(11-18-16(25)27-8-3)19-14-13(23)15(24)21(5)17(26)20(14)4/h6-11H2,1-5H3,(H,18,25). The van der Waals surface area contributed by atoms with Crippen molar-refractivity contribution in [3.05, 3.63) is 26.7 Å². The quantitative estimate of drug-likeness (QED) is 0.693. The number of alkyl carbamates (subject to hydrolysis) is 1. The summed E-state index contributed by atoms with van der Waals surface area (Å²) in [6.45, 7) is 9.23. The Morgan fingerprint density at radius 3 is 2.41 bits per heavy atom. The van der Waals surface area contributed by atoms with Gasteiger partial charge in [0, 0.05) is 27.2 Å². The van der Waals surface area contributed by atoms with E-state index in [0.29, 0.717) is 23.5 Å². The van der Waals surface area contributed by atoms with Crippen molar-refractivity contribution in [2.24, 2.45) is 14.1 Å². The van der Waals surface area contributed by atoms with Crippen molar-refractivity contribution in [3.63, 3.8) is 0 Å². The Balaban J connectivity index is 2.52. The highest BCUT2D eigenvalue weighted by atomic mass is 16.5. The summed E-state index contributed by atoms with van der Waals surface area (Å²) >= 11 is 0. The Kier molecular flexibility index (Phi) is 6.78. The van der Waals surface area contributed by atoms with Gasteiger partial charge in [-0.1, -0.05) is 13.8 Å². The van der Waals surface area contributed by atoms with Gasteiger partial charge in [-0.2, -0.15) is 0 Å². The van der Waals surface area contributed by atoms with E-state index in [-0.39, 0.29) is 13.2 Å². The number of hydrogen-bond acceptors (Lipinski definition) is 6. The number of likely N-dealkylation sites (N-methyl/N-ethyl adjacent to an activating group) is 1. The van der Waals surface area contributed by atoms with E-state index in [2.05, 4.69) is 29.0 Å². The second kappa shape index (κ2) is 8.85. The molecule has 0 saturated carbocycles. The minimum atomic E-state index is -0.554. The zero-order chi connectivity index (χ0) is 20.1. The number of carbonyl (C=O) groups is 1. The molecule has 0 bridgehead atoms. The van der Waals surface area contributed by atoms with E-state index >= 15 is 0 Å². The Morgan fingerprint density at radius 1 is 1.15 bits per heavy atom. The topological polar surface area (TPSA) is 103 Å². The summed E-state index contributed by atoms with van der Waals surface area (Å²) in [5, 5.41) is 2.63. The van der Waals surface area contributed by atoms with E-state index in [4.69, 9.17) is 4.74 Å². The molecule has 2 aromatic heterocycles. The van der Waals surface area contributed by atoms with Crippen molar-refractivity contribution < 1.29 is 9.53 Å². The molecule has 0 aromatic carbocycles. The molecule has 0 unspecified atom stereocenters. The number of aromatic nitrogens is 4. The molecule has 150 valence electrons. The van der Waals surface area contributed by atoms with Crippen LogP contribution in [-0.4, -0.2) is 55.9 Å². The van der Waals surface area contributed by atoms with Crippen molar-refractivity contribution in [2.45, 2.75) is 33.9 Å². The lowest BCUT2D eigenvalue weighted by atomic mass is 10.4. The van der Waals surface area contributed by atoms with Gasteiger partial charge < -0.3 is 19.5 Å². The zero-order valence-electron chi connectivity index (χ0n) is 16.6. The molecule has 1 N–H and O–H groups in total. The number of rotatable bonds is 8. The predicted octanol–water partition coefficient (Wildman–Crippen LogP) is 0.0216. The first kappa shape index (κ1) is 20.7. The van der Waals surface area contributed by atoms with Crippen LogP contribution in [0.5, 0.6) is 0 Å². The van der Waals surface area contributed by atoms with Crippen LogP contribution in [-0.2, 0) is 31.9 Å². The third kappa shape index (κ3) is 4.21. The highest BCUT2D eigenvalue weighted by molar-refractivity contribution is 5.71. The molecule has 2 rings (SSSR count). The predicted molar refractivity (Wildman–Crippen MR) is 102 cm³/mol. The lowest BCUT2D eigenvalue weighted by molar-refractivity contribution is 0.151. The first-order chi connectivity index (χ1) is 12.8. The lowest BCUT2D eigenvalue weighted by Gasteiger charge is -2.19. The minimum Gasteiger partial charge on any atom is -0.450 e. The van der Waals surface area contributed by atoms with Gasteiger partial charge in [-0.15, -0.1) is 0 Å². The highest BCUT2D eigenvalue weighted by Crippen LogP contribution is 2.11. The summed E-state index contributed by atoms with van der Waals surface area (Å²) in [5.41, 5.74) is -0.177. The fourth-order valence-electron chi connectivity index (χ4n) is 2.98. The second-order valence-electron chi connectivity index (χ2n) is 6.16. The van der Waals surface area contributed by atoms with Gasteiger partial charge >= 0.3 is 11.8 Å². The van der Waals surface area contributed by atoms with Gasteiger partial charge in [-0.05, 0) is 20.0 Å². The molecule has 0 radical (unpaired) electrons. The summed E-state index contributed by atoms with van der Waals surface area (Å²) in [6, 6.07) is 0. The molecule has 0 spiro atoms. The lowest BCUT2D eigenvalue weighted by Crippen LogP contribution is -2.38. The number of nitrogens with one attached hydrogen (secondary N) is 1. The number of amides is 1. The maximum absolute atomic E-state index is 12.7. The minimum absolute atomic E-state index is 0.100. The maximum atomic E-state index is 12.7. The Bertz CT molecular complexity index is 922. The summed E-state index contributed by atoms with van der Waals surface area (Å²) in [5.74, 6) is 0.503. The molecule has 2 heterocycles. The van der Waals surface area contributed by atoms with E-state index in [1.54, 1.807) is 18.5 Å². The molecule has 0 atom stereocenters. The van der Waals surface area contributed by atoms with Crippen LogP contribution in [0.25, 0.3) is 11.2 Å². The molecule has 0 aliphatic carbocycles. The fraction of sp³-hybridized carbons (Fsp3) is 0.647. The van der Waals surface area contributed by atoms with Crippen molar-refractivity contribution in [1.82, 2.24) is 28.9 Å². The van der Waals surface area contributed by atoms with Gasteiger partial charge in [0.15, 0.2) is 11.2 Å². The molecule has 10 nitrogen and oxygen atoms in total. The second-order valence-corrected chi connectivity index (χ2v) is 6.16. The van der Waals surface area contributed by atoms with Gasteiger partial charge in [-0.25, -0.2) is 14.6 Å². The monoisotopic (exact) mass is 380 g/mol. The first-order valence-corrected chi connectivity index (χ1v) is 9.13. The first-order valence-electron chi connectivity index (χ1n) is 9.13. The summed E-state index contributed by atoms with van der Waals surface area (Å²) in [4.78, 5) is 43.3. The number of nitrogens with zero attached hydrogens (tertiary/aromatic N) is 5. The van der Waals surface area contributed by atoms with Gasteiger partial charge in [0.2, 0.25) is 0 Å². The molecule has 27 heavy (non-hydrogen) atoms. The number of fused-ring (bicyclic) bond motifs is 1. The van der Waals surface area contributed by atoms with Crippen LogP contribution in [0, 0.1) is 0 Å². The van der Waals surface area contributed by atoms with E-state index in [1.807, 2.05) is 0 Å². The van der Waals surface area contributed by atoms with Gasteiger partial charge in [-0.3, -0.25) is 13.9 Å². The largest absolute Gasteiger partial charge is 0.450 e. The molecule has 0 aliphatic rings. The normalized spacial score (nSPS) is 11.3. The third-order valence-corrected chi connectivity index (χ3v) is 4.63. The highest BCUT2D eigenvalue weighted by Gasteiger charge is 2.19. The van der Waals surface area contributed by atoms with Crippen molar-refractivity contribution >= 4 is 17.3 Å². The van der Waals surface area contributed by atoms with Crippen molar-refractivity contribution in [3.8, 4) is 0 Å². The zero-order valence-corrected chi connectivity index (χ0v) is 16.6. The molecule has 0 saturated heterocycles. The summed E-state index contributed by atoms with van der Waals surface area (Å²) < 4.78 is 9.07. The summed E-state index contributed by atoms with van der Waals surface area (Å²) in [6.07, 6.45) is -0.554. The Labute approximate surface area is 157 Å². The van der Waals surface area contributed by atoms with Crippen LogP contribution in [0.3, 0.4) is 0 Å². The number of ether oxygens (including phenoxy) is 1. The number of aryl methyl sites for hydroxylation is 1. The number of hydrogen-bond donors (Lipinski definition) is 1. The molecule has 0 fully saturated rings. The van der Waals surface area contributed by atoms with E-state index in [9.17, 15) is 14.4 Å². The molecule has 10 heteroatoms. The van der Waals surface area contributed by atoms with Crippen LogP contribution >= 0.6 is 0 Å². The smallest absolute Gasteiger partial charge is 0.407 e. The van der Waals surface area contributed by atoms with E-state index in [0.717, 1.165) is 24.2 Å². The van der Waals surface area contributed by atoms with Gasteiger partial charge in [0.05, 0.1) is 13.2 Å². The third-order valence-electron chi connectivity index (χ3n) is 4.63. The van der Waals surface area contributed by atoms with Gasteiger partial charge in [0.25, 0.3) is 5.56 Å².